The van der Waals surface area contributed by atoms with Crippen LogP contribution in [-0.4, -0.2) is 34.1 Å². The van der Waals surface area contributed by atoms with Crippen LogP contribution in [0.15, 0.2) is 24.3 Å². The summed E-state index contributed by atoms with van der Waals surface area (Å²) >= 11 is 0. The van der Waals surface area contributed by atoms with Gasteiger partial charge in [0, 0.05) is 19.6 Å². The monoisotopic (exact) mass is 221 g/mol. The first-order chi connectivity index (χ1) is 7.66. The van der Waals surface area contributed by atoms with Crippen LogP contribution >= 0.6 is 0 Å². The van der Waals surface area contributed by atoms with Gasteiger partial charge in [0.1, 0.15) is 5.75 Å². The van der Waals surface area contributed by atoms with Crippen LogP contribution < -0.4 is 5.84 Å². The van der Waals surface area contributed by atoms with Crippen molar-refractivity contribution in [3.63, 3.8) is 0 Å². The van der Waals surface area contributed by atoms with E-state index in [1.54, 1.807) is 29.2 Å². The second kappa shape index (κ2) is 4.40. The van der Waals surface area contributed by atoms with Crippen molar-refractivity contribution in [2.45, 2.75) is 13.0 Å². The predicted molar refractivity (Wildman–Crippen MR) is 59.4 cm³/mol. The molecule has 5 nitrogen and oxygen atoms in total. The van der Waals surface area contributed by atoms with E-state index in [2.05, 4.69) is 0 Å². The van der Waals surface area contributed by atoms with Gasteiger partial charge < -0.3 is 10.0 Å². The second-order valence-electron chi connectivity index (χ2n) is 3.92. The summed E-state index contributed by atoms with van der Waals surface area (Å²) in [6.07, 6.45) is 0.889. The summed E-state index contributed by atoms with van der Waals surface area (Å²) in [4.78, 5) is 13.4. The summed E-state index contributed by atoms with van der Waals surface area (Å²) < 4.78 is 0. The summed E-state index contributed by atoms with van der Waals surface area (Å²) in [5.74, 6) is 5.78. The third-order valence-electron chi connectivity index (χ3n) is 2.65. The Hall–Kier alpha value is -1.75. The third kappa shape index (κ3) is 2.25. The molecule has 86 valence electrons. The molecule has 16 heavy (non-hydrogen) atoms. The standard InChI is InChI=1S/C11H15N3O2/c12-14-7-1-6-13(11(14)16)8-9-2-4-10(15)5-3-9/h2-5,15H,1,6-8,12H2. The number of hydrogen-bond donors (Lipinski definition) is 2. The fraction of sp³-hybridized carbons (Fsp3) is 0.364. The molecule has 3 N–H and O–H groups in total. The number of hydrogen-bond acceptors (Lipinski definition) is 3. The molecule has 2 amide bonds. The van der Waals surface area contributed by atoms with E-state index < -0.39 is 0 Å². The lowest BCUT2D eigenvalue weighted by molar-refractivity contribution is 0.127. The summed E-state index contributed by atoms with van der Waals surface area (Å²) in [7, 11) is 0. The molecular weight excluding hydrogens is 206 g/mol. The lowest BCUT2D eigenvalue weighted by Crippen LogP contribution is -2.51. The molecule has 5 heteroatoms. The molecule has 0 unspecified atom stereocenters. The molecule has 1 aliphatic heterocycles. The summed E-state index contributed by atoms with van der Waals surface area (Å²) in [5, 5.41) is 10.4. The number of aromatic hydroxyl groups is 1. The first kappa shape index (κ1) is 10.8. The number of nitrogens with two attached hydrogens (primary N) is 1. The number of nitrogens with zero attached hydrogens (tertiary/aromatic N) is 2. The number of benzene rings is 1. The van der Waals surface area contributed by atoms with Crippen LogP contribution in [0.2, 0.25) is 0 Å². The summed E-state index contributed by atoms with van der Waals surface area (Å²) in [6, 6.07) is 6.70. The minimum Gasteiger partial charge on any atom is -0.508 e. The third-order valence-corrected chi connectivity index (χ3v) is 2.65. The van der Waals surface area contributed by atoms with Gasteiger partial charge in [0.25, 0.3) is 0 Å². The molecule has 1 saturated heterocycles. The lowest BCUT2D eigenvalue weighted by Gasteiger charge is -2.32. The summed E-state index contributed by atoms with van der Waals surface area (Å²) in [6.45, 7) is 1.88. The number of amides is 2. The molecule has 1 heterocycles. The molecule has 0 aromatic heterocycles. The van der Waals surface area contributed by atoms with E-state index in [1.807, 2.05) is 0 Å². The maximum absolute atomic E-state index is 11.7. The smallest absolute Gasteiger partial charge is 0.334 e. The second-order valence-corrected chi connectivity index (χ2v) is 3.92. The van der Waals surface area contributed by atoms with E-state index >= 15 is 0 Å². The highest BCUT2D eigenvalue weighted by molar-refractivity contribution is 5.74. The molecule has 0 spiro atoms. The molecule has 1 fully saturated rings. The average Bonchev–Trinajstić information content (AvgIpc) is 2.28. The van der Waals surface area contributed by atoms with Gasteiger partial charge in [0.05, 0.1) is 0 Å². The molecule has 2 rings (SSSR count). The Kier molecular flexibility index (Phi) is 2.96. The molecule has 1 aromatic carbocycles. The van der Waals surface area contributed by atoms with Gasteiger partial charge in [-0.3, -0.25) is 5.01 Å². The van der Waals surface area contributed by atoms with E-state index in [4.69, 9.17) is 10.9 Å². The fourth-order valence-corrected chi connectivity index (χ4v) is 1.77. The van der Waals surface area contributed by atoms with Crippen LogP contribution in [0.1, 0.15) is 12.0 Å². The van der Waals surface area contributed by atoms with Crippen LogP contribution in [0.3, 0.4) is 0 Å². The van der Waals surface area contributed by atoms with Crippen LogP contribution in [0.4, 0.5) is 4.79 Å². The van der Waals surface area contributed by atoms with Gasteiger partial charge in [-0.15, -0.1) is 0 Å². The highest BCUT2D eigenvalue weighted by Gasteiger charge is 2.22. The van der Waals surface area contributed by atoms with Crippen molar-refractivity contribution in [3.05, 3.63) is 29.8 Å². The van der Waals surface area contributed by atoms with Crippen LogP contribution in [0, 0.1) is 0 Å². The van der Waals surface area contributed by atoms with E-state index in [9.17, 15) is 4.79 Å². The van der Waals surface area contributed by atoms with Gasteiger partial charge in [0.15, 0.2) is 0 Å². The van der Waals surface area contributed by atoms with E-state index in [0.717, 1.165) is 18.5 Å². The number of carbonyl (C=O) groups excluding carboxylic acids is 1. The Labute approximate surface area is 94.0 Å². The van der Waals surface area contributed by atoms with Gasteiger partial charge in [-0.2, -0.15) is 0 Å². The maximum atomic E-state index is 11.7. The number of phenolic OH excluding ortho intramolecular Hbond substituents is 1. The minimum absolute atomic E-state index is 0.140. The highest BCUT2D eigenvalue weighted by atomic mass is 16.3. The molecule has 1 aliphatic rings. The quantitative estimate of drug-likeness (QED) is 0.575. The summed E-state index contributed by atoms with van der Waals surface area (Å²) in [5.41, 5.74) is 0.987. The Morgan fingerprint density at radius 3 is 2.62 bits per heavy atom. The van der Waals surface area contributed by atoms with Gasteiger partial charge in [-0.25, -0.2) is 10.6 Å². The van der Waals surface area contributed by atoms with Gasteiger partial charge in [-0.05, 0) is 24.1 Å². The van der Waals surface area contributed by atoms with Gasteiger partial charge in [-0.1, -0.05) is 12.1 Å². The minimum atomic E-state index is -0.140. The number of urea groups is 1. The van der Waals surface area contributed by atoms with E-state index in [0.29, 0.717) is 13.1 Å². The Bertz CT molecular complexity index is 377. The van der Waals surface area contributed by atoms with E-state index in [1.165, 1.54) is 5.01 Å². The number of rotatable bonds is 2. The number of phenols is 1. The van der Waals surface area contributed by atoms with Crippen molar-refractivity contribution in [3.8, 4) is 5.75 Å². The van der Waals surface area contributed by atoms with Crippen LogP contribution in [0.5, 0.6) is 5.75 Å². The molecule has 1 aromatic rings. The Morgan fingerprint density at radius 1 is 1.25 bits per heavy atom. The maximum Gasteiger partial charge on any atom is 0.334 e. The largest absolute Gasteiger partial charge is 0.508 e. The zero-order chi connectivity index (χ0) is 11.5. The normalized spacial score (nSPS) is 16.7. The fourth-order valence-electron chi connectivity index (χ4n) is 1.77. The SMILES string of the molecule is NN1CCCN(Cc2ccc(O)cc2)C1=O. The Morgan fingerprint density at radius 2 is 1.94 bits per heavy atom. The lowest BCUT2D eigenvalue weighted by atomic mass is 10.2. The first-order valence-corrected chi connectivity index (χ1v) is 5.26. The van der Waals surface area contributed by atoms with E-state index in [-0.39, 0.29) is 11.8 Å². The Balaban J connectivity index is 2.03. The van der Waals surface area contributed by atoms with Gasteiger partial charge >= 0.3 is 6.03 Å². The van der Waals surface area contributed by atoms with Crippen LogP contribution in [0.25, 0.3) is 0 Å². The molecular formula is C11H15N3O2. The topological polar surface area (TPSA) is 69.8 Å². The first-order valence-electron chi connectivity index (χ1n) is 5.26. The van der Waals surface area contributed by atoms with Crippen molar-refractivity contribution in [1.29, 1.82) is 0 Å². The van der Waals surface area contributed by atoms with Gasteiger partial charge in [0.2, 0.25) is 0 Å². The van der Waals surface area contributed by atoms with Crippen molar-refractivity contribution in [2.75, 3.05) is 13.1 Å². The molecule has 0 bridgehead atoms. The van der Waals surface area contributed by atoms with Crippen molar-refractivity contribution >= 4 is 6.03 Å². The average molecular weight is 221 g/mol. The predicted octanol–water partition coefficient (Wildman–Crippen LogP) is 0.894. The molecule has 0 atom stereocenters. The molecule has 0 radical (unpaired) electrons. The van der Waals surface area contributed by atoms with Crippen molar-refractivity contribution in [1.82, 2.24) is 9.91 Å². The van der Waals surface area contributed by atoms with Crippen LogP contribution in [-0.2, 0) is 6.54 Å². The van der Waals surface area contributed by atoms with Crippen molar-refractivity contribution in [2.24, 2.45) is 5.84 Å². The number of carbonyl (C=O) groups is 1. The molecule has 0 saturated carbocycles. The zero-order valence-corrected chi connectivity index (χ0v) is 8.97. The zero-order valence-electron chi connectivity index (χ0n) is 8.97. The van der Waals surface area contributed by atoms with Crippen molar-refractivity contribution < 1.29 is 9.90 Å². The highest BCUT2D eigenvalue weighted by Crippen LogP contribution is 2.14. The molecule has 0 aliphatic carbocycles. The number of hydrazine groups is 1.